The highest BCUT2D eigenvalue weighted by Crippen LogP contribution is 2.28. The van der Waals surface area contributed by atoms with Gasteiger partial charge >= 0.3 is 0 Å². The number of aromatic nitrogens is 1. The summed E-state index contributed by atoms with van der Waals surface area (Å²) in [7, 11) is -1.81. The lowest BCUT2D eigenvalue weighted by Gasteiger charge is -2.33. The Balaban J connectivity index is 2.29. The minimum Gasteiger partial charge on any atom is -0.308 e. The molecule has 0 bridgehead atoms. The van der Waals surface area contributed by atoms with Gasteiger partial charge in [0.1, 0.15) is 5.82 Å². The summed E-state index contributed by atoms with van der Waals surface area (Å²) in [4.78, 5) is 4.11. The highest BCUT2D eigenvalue weighted by molar-refractivity contribution is 7.89. The fourth-order valence-electron chi connectivity index (χ4n) is 1.76. The smallest absolute Gasteiger partial charge is 0.243 e. The normalized spacial score (nSPS) is 16.9. The number of nitrogens with two attached hydrogens (primary N) is 1. The van der Waals surface area contributed by atoms with Crippen LogP contribution in [-0.2, 0) is 10.0 Å². The minimum atomic E-state index is -3.43. The van der Waals surface area contributed by atoms with Crippen LogP contribution in [0.25, 0.3) is 0 Å². The first-order valence-electron chi connectivity index (χ1n) is 5.46. The summed E-state index contributed by atoms with van der Waals surface area (Å²) in [6.45, 7) is 0. The highest BCUT2D eigenvalue weighted by Gasteiger charge is 2.31. The number of rotatable bonds is 4. The Bertz CT molecular complexity index is 499. The Morgan fingerprint density at radius 3 is 2.76 bits per heavy atom. The van der Waals surface area contributed by atoms with E-state index in [-0.39, 0.29) is 10.9 Å². The standard InChI is InChI=1S/C10H16N4O2S/c1-14(8-3-2-4-8)17(15,16)9-5-6-12-10(7-9)13-11/h5-8H,2-4,11H2,1H3,(H,12,13). The number of nitrogens with zero attached hydrogens (tertiary/aromatic N) is 2. The SMILES string of the molecule is CN(C1CCC1)S(=O)(=O)c1ccnc(NN)c1. The van der Waals surface area contributed by atoms with Crippen molar-refractivity contribution in [3.05, 3.63) is 18.3 Å². The number of hydrogen-bond donors (Lipinski definition) is 2. The summed E-state index contributed by atoms with van der Waals surface area (Å²) in [5.41, 5.74) is 2.34. The third kappa shape index (κ3) is 2.26. The second-order valence-corrected chi connectivity index (χ2v) is 6.12. The van der Waals surface area contributed by atoms with Gasteiger partial charge in [0.15, 0.2) is 0 Å². The molecule has 0 saturated heterocycles. The van der Waals surface area contributed by atoms with Crippen LogP contribution >= 0.6 is 0 Å². The van der Waals surface area contributed by atoms with Gasteiger partial charge in [0.2, 0.25) is 10.0 Å². The Kier molecular flexibility index (Phi) is 3.32. The molecule has 0 aliphatic heterocycles. The van der Waals surface area contributed by atoms with Gasteiger partial charge in [-0.15, -0.1) is 0 Å². The van der Waals surface area contributed by atoms with Crippen LogP contribution in [0.5, 0.6) is 0 Å². The summed E-state index contributed by atoms with van der Waals surface area (Å²) in [5, 5.41) is 0. The Hall–Kier alpha value is -1.18. The first-order valence-corrected chi connectivity index (χ1v) is 6.90. The topological polar surface area (TPSA) is 88.3 Å². The number of sulfonamides is 1. The van der Waals surface area contributed by atoms with Crippen molar-refractivity contribution in [3.63, 3.8) is 0 Å². The first kappa shape index (κ1) is 12.3. The van der Waals surface area contributed by atoms with Crippen LogP contribution in [0.4, 0.5) is 5.82 Å². The van der Waals surface area contributed by atoms with Crippen LogP contribution in [-0.4, -0.2) is 30.8 Å². The number of hydrogen-bond acceptors (Lipinski definition) is 5. The second-order valence-electron chi connectivity index (χ2n) is 4.13. The van der Waals surface area contributed by atoms with Gasteiger partial charge in [0, 0.05) is 25.4 Å². The van der Waals surface area contributed by atoms with Crippen LogP contribution in [0.2, 0.25) is 0 Å². The molecule has 1 fully saturated rings. The summed E-state index contributed by atoms with van der Waals surface area (Å²) in [6, 6.07) is 3.04. The molecular formula is C10H16N4O2S. The molecule has 1 aromatic heterocycles. The molecule has 0 unspecified atom stereocenters. The summed E-state index contributed by atoms with van der Waals surface area (Å²) >= 11 is 0. The average Bonchev–Trinajstić information content (AvgIpc) is 2.26. The van der Waals surface area contributed by atoms with Gasteiger partial charge in [0.05, 0.1) is 4.90 Å². The lowest BCUT2D eigenvalue weighted by atomic mass is 9.94. The maximum absolute atomic E-state index is 12.3. The molecule has 17 heavy (non-hydrogen) atoms. The molecule has 1 aliphatic carbocycles. The zero-order chi connectivity index (χ0) is 12.5. The van der Waals surface area contributed by atoms with Gasteiger partial charge in [0.25, 0.3) is 0 Å². The molecule has 0 spiro atoms. The number of pyridine rings is 1. The highest BCUT2D eigenvalue weighted by atomic mass is 32.2. The van der Waals surface area contributed by atoms with Gasteiger partial charge in [-0.05, 0) is 18.9 Å². The number of nitrogen functional groups attached to an aromatic ring is 1. The third-order valence-electron chi connectivity index (χ3n) is 3.15. The predicted octanol–water partition coefficient (Wildman–Crippen LogP) is 0.540. The molecule has 0 amide bonds. The van der Waals surface area contributed by atoms with Gasteiger partial charge < -0.3 is 5.43 Å². The van der Waals surface area contributed by atoms with Crippen molar-refractivity contribution in [1.82, 2.24) is 9.29 Å². The van der Waals surface area contributed by atoms with E-state index in [0.717, 1.165) is 19.3 Å². The van der Waals surface area contributed by atoms with E-state index in [1.807, 2.05) is 0 Å². The Morgan fingerprint density at radius 1 is 1.53 bits per heavy atom. The van der Waals surface area contributed by atoms with Crippen molar-refractivity contribution in [2.45, 2.75) is 30.2 Å². The van der Waals surface area contributed by atoms with E-state index >= 15 is 0 Å². The zero-order valence-corrected chi connectivity index (χ0v) is 10.4. The molecule has 6 nitrogen and oxygen atoms in total. The molecule has 7 heteroatoms. The van der Waals surface area contributed by atoms with Crippen LogP contribution in [0.1, 0.15) is 19.3 Å². The molecule has 1 saturated carbocycles. The fourth-order valence-corrected chi connectivity index (χ4v) is 3.19. The van der Waals surface area contributed by atoms with E-state index in [9.17, 15) is 8.42 Å². The van der Waals surface area contributed by atoms with Crippen molar-refractivity contribution in [2.75, 3.05) is 12.5 Å². The average molecular weight is 256 g/mol. The quantitative estimate of drug-likeness (QED) is 0.606. The number of nitrogens with one attached hydrogen (secondary N) is 1. The van der Waals surface area contributed by atoms with Crippen LogP contribution < -0.4 is 11.3 Å². The summed E-state index contributed by atoms with van der Waals surface area (Å²) in [6.07, 6.45) is 4.39. The lowest BCUT2D eigenvalue weighted by Crippen LogP contribution is -2.41. The molecule has 0 aromatic carbocycles. The lowest BCUT2D eigenvalue weighted by molar-refractivity contribution is 0.249. The van der Waals surface area contributed by atoms with E-state index in [4.69, 9.17) is 5.84 Å². The molecule has 1 heterocycles. The van der Waals surface area contributed by atoms with Crippen molar-refractivity contribution in [3.8, 4) is 0 Å². The Labute approximate surface area is 101 Å². The third-order valence-corrected chi connectivity index (χ3v) is 5.05. The molecule has 1 aliphatic rings. The van der Waals surface area contributed by atoms with E-state index in [0.29, 0.717) is 5.82 Å². The summed E-state index contributed by atoms with van der Waals surface area (Å²) < 4.78 is 26.0. The first-order chi connectivity index (χ1) is 8.05. The van der Waals surface area contributed by atoms with Gasteiger partial charge in [-0.1, -0.05) is 6.42 Å². The molecule has 0 atom stereocenters. The van der Waals surface area contributed by atoms with E-state index in [2.05, 4.69) is 10.4 Å². The maximum Gasteiger partial charge on any atom is 0.243 e. The summed E-state index contributed by atoms with van der Waals surface area (Å²) in [5.74, 6) is 5.56. The molecule has 1 aromatic rings. The number of anilines is 1. The molecule has 2 rings (SSSR count). The predicted molar refractivity (Wildman–Crippen MR) is 64.6 cm³/mol. The van der Waals surface area contributed by atoms with Crippen molar-refractivity contribution in [2.24, 2.45) is 5.84 Å². The van der Waals surface area contributed by atoms with E-state index in [1.165, 1.54) is 22.6 Å². The fraction of sp³-hybridized carbons (Fsp3) is 0.500. The van der Waals surface area contributed by atoms with Crippen LogP contribution in [0.15, 0.2) is 23.2 Å². The molecular weight excluding hydrogens is 240 g/mol. The minimum absolute atomic E-state index is 0.127. The van der Waals surface area contributed by atoms with Gasteiger partial charge in [-0.3, -0.25) is 0 Å². The van der Waals surface area contributed by atoms with Gasteiger partial charge in [-0.25, -0.2) is 19.2 Å². The van der Waals surface area contributed by atoms with Crippen molar-refractivity contribution >= 4 is 15.8 Å². The zero-order valence-electron chi connectivity index (χ0n) is 9.63. The van der Waals surface area contributed by atoms with E-state index < -0.39 is 10.0 Å². The van der Waals surface area contributed by atoms with E-state index in [1.54, 1.807) is 7.05 Å². The largest absolute Gasteiger partial charge is 0.308 e. The molecule has 3 N–H and O–H groups in total. The maximum atomic E-state index is 12.3. The van der Waals surface area contributed by atoms with Crippen LogP contribution in [0.3, 0.4) is 0 Å². The van der Waals surface area contributed by atoms with Gasteiger partial charge in [-0.2, -0.15) is 4.31 Å². The van der Waals surface area contributed by atoms with Crippen LogP contribution in [0, 0.1) is 0 Å². The Morgan fingerprint density at radius 2 is 2.24 bits per heavy atom. The van der Waals surface area contributed by atoms with Crippen molar-refractivity contribution in [1.29, 1.82) is 0 Å². The van der Waals surface area contributed by atoms with Crippen molar-refractivity contribution < 1.29 is 8.42 Å². The second kappa shape index (κ2) is 4.59. The monoisotopic (exact) mass is 256 g/mol. The molecule has 94 valence electrons. The molecule has 0 radical (unpaired) electrons. The number of hydrazine groups is 1.